The quantitative estimate of drug-likeness (QED) is 0.783. The fraction of sp³-hybridized carbons (Fsp3) is 0.417. The number of ether oxygens (including phenoxy) is 1. The molecule has 0 radical (unpaired) electrons. The Morgan fingerprint density at radius 3 is 2.88 bits per heavy atom. The molecule has 86 valence electrons. The number of methoxy groups -OCH3 is 1. The van der Waals surface area contributed by atoms with Crippen LogP contribution in [0.5, 0.6) is 5.75 Å². The summed E-state index contributed by atoms with van der Waals surface area (Å²) in [5.41, 5.74) is 7.48. The van der Waals surface area contributed by atoms with Gasteiger partial charge in [-0.15, -0.1) is 0 Å². The Kier molecular flexibility index (Phi) is 2.99. The van der Waals surface area contributed by atoms with Gasteiger partial charge in [-0.25, -0.2) is 0 Å². The minimum atomic E-state index is 0.231. The number of carbonyl (C=O) groups excluding carboxylic acids is 1. The summed E-state index contributed by atoms with van der Waals surface area (Å²) in [6.07, 6.45) is 1.64. The number of carbonyl (C=O) groups is 1. The number of likely N-dealkylation sites (tertiary alicyclic amines) is 1. The van der Waals surface area contributed by atoms with Crippen LogP contribution in [0.15, 0.2) is 18.2 Å². The Labute approximate surface area is 95.0 Å². The largest absolute Gasteiger partial charge is 0.495 e. The molecule has 0 aromatic heterocycles. The minimum Gasteiger partial charge on any atom is -0.495 e. The fourth-order valence-corrected chi connectivity index (χ4v) is 1.97. The van der Waals surface area contributed by atoms with E-state index in [-0.39, 0.29) is 5.91 Å². The number of benzene rings is 1. The van der Waals surface area contributed by atoms with Crippen LogP contribution in [0.1, 0.15) is 18.4 Å². The number of nitrogens with zero attached hydrogens (tertiary/aromatic N) is 1. The van der Waals surface area contributed by atoms with Crippen molar-refractivity contribution in [2.75, 3.05) is 19.4 Å². The second-order valence-corrected chi connectivity index (χ2v) is 4.00. The standard InChI is InChI=1S/C12H16N2O2/c1-16-11-5-4-9(7-10(11)13)8-14-6-2-3-12(14)15/h4-5,7H,2-3,6,8,13H2,1H3. The molecule has 0 unspecified atom stereocenters. The molecule has 1 saturated heterocycles. The zero-order chi connectivity index (χ0) is 11.5. The normalized spacial score (nSPS) is 15.6. The van der Waals surface area contributed by atoms with Crippen molar-refractivity contribution in [3.63, 3.8) is 0 Å². The van der Waals surface area contributed by atoms with Crippen molar-refractivity contribution in [2.45, 2.75) is 19.4 Å². The molecule has 2 N–H and O–H groups in total. The van der Waals surface area contributed by atoms with Gasteiger partial charge in [0.2, 0.25) is 5.91 Å². The summed E-state index contributed by atoms with van der Waals surface area (Å²) in [5.74, 6) is 0.908. The van der Waals surface area contributed by atoms with Crippen LogP contribution in [0.2, 0.25) is 0 Å². The van der Waals surface area contributed by atoms with E-state index >= 15 is 0 Å². The number of hydrogen-bond acceptors (Lipinski definition) is 3. The molecule has 0 saturated carbocycles. The van der Waals surface area contributed by atoms with Gasteiger partial charge in [0.05, 0.1) is 12.8 Å². The molecule has 1 amide bonds. The molecule has 1 aromatic rings. The summed E-state index contributed by atoms with van der Waals surface area (Å²) in [4.78, 5) is 13.3. The highest BCUT2D eigenvalue weighted by molar-refractivity contribution is 5.78. The third-order valence-corrected chi connectivity index (χ3v) is 2.84. The smallest absolute Gasteiger partial charge is 0.222 e. The van der Waals surface area contributed by atoms with E-state index in [1.54, 1.807) is 7.11 Å². The van der Waals surface area contributed by atoms with Gasteiger partial charge in [0.25, 0.3) is 0 Å². The number of nitrogen functional groups attached to an aromatic ring is 1. The SMILES string of the molecule is COc1ccc(CN2CCCC2=O)cc1N. The Hall–Kier alpha value is -1.71. The van der Waals surface area contributed by atoms with Gasteiger partial charge in [0.15, 0.2) is 0 Å². The second-order valence-electron chi connectivity index (χ2n) is 4.00. The van der Waals surface area contributed by atoms with Crippen LogP contribution in [-0.2, 0) is 11.3 Å². The first kappa shape index (κ1) is 10.8. The van der Waals surface area contributed by atoms with Crippen LogP contribution >= 0.6 is 0 Å². The van der Waals surface area contributed by atoms with E-state index in [1.807, 2.05) is 23.1 Å². The lowest BCUT2D eigenvalue weighted by molar-refractivity contribution is -0.128. The van der Waals surface area contributed by atoms with E-state index in [0.29, 0.717) is 24.4 Å². The van der Waals surface area contributed by atoms with E-state index in [1.165, 1.54) is 0 Å². The monoisotopic (exact) mass is 220 g/mol. The molecule has 1 heterocycles. The lowest BCUT2D eigenvalue weighted by Crippen LogP contribution is -2.23. The third-order valence-electron chi connectivity index (χ3n) is 2.84. The molecular formula is C12H16N2O2. The lowest BCUT2D eigenvalue weighted by atomic mass is 10.2. The minimum absolute atomic E-state index is 0.231. The molecule has 0 atom stereocenters. The van der Waals surface area contributed by atoms with Gasteiger partial charge >= 0.3 is 0 Å². The van der Waals surface area contributed by atoms with Crippen LogP contribution in [0, 0.1) is 0 Å². The van der Waals surface area contributed by atoms with Gasteiger partial charge < -0.3 is 15.4 Å². The summed E-state index contributed by atoms with van der Waals surface area (Å²) < 4.78 is 5.09. The number of amides is 1. The zero-order valence-corrected chi connectivity index (χ0v) is 9.40. The van der Waals surface area contributed by atoms with Crippen molar-refractivity contribution in [2.24, 2.45) is 0 Å². The van der Waals surface area contributed by atoms with Crippen molar-refractivity contribution in [3.8, 4) is 5.75 Å². The van der Waals surface area contributed by atoms with Crippen LogP contribution in [0.25, 0.3) is 0 Å². The number of rotatable bonds is 3. The molecule has 2 rings (SSSR count). The van der Waals surface area contributed by atoms with Crippen LogP contribution in [0.4, 0.5) is 5.69 Å². The summed E-state index contributed by atoms with van der Waals surface area (Å²) in [6, 6.07) is 5.65. The molecule has 0 spiro atoms. The van der Waals surface area contributed by atoms with Crippen molar-refractivity contribution in [1.82, 2.24) is 4.90 Å². The molecule has 4 heteroatoms. The summed E-state index contributed by atoms with van der Waals surface area (Å²) in [6.45, 7) is 1.50. The first-order chi connectivity index (χ1) is 7.70. The van der Waals surface area contributed by atoms with E-state index in [0.717, 1.165) is 18.5 Å². The van der Waals surface area contributed by atoms with Crippen molar-refractivity contribution in [3.05, 3.63) is 23.8 Å². The van der Waals surface area contributed by atoms with Gasteiger partial charge in [-0.1, -0.05) is 6.07 Å². The van der Waals surface area contributed by atoms with E-state index < -0.39 is 0 Å². The molecular weight excluding hydrogens is 204 g/mol. The maximum Gasteiger partial charge on any atom is 0.222 e. The van der Waals surface area contributed by atoms with Gasteiger partial charge in [-0.05, 0) is 24.1 Å². The van der Waals surface area contributed by atoms with E-state index in [9.17, 15) is 4.79 Å². The zero-order valence-electron chi connectivity index (χ0n) is 9.40. The molecule has 1 fully saturated rings. The van der Waals surface area contributed by atoms with Gasteiger partial charge in [0, 0.05) is 19.5 Å². The average Bonchev–Trinajstić information content (AvgIpc) is 2.65. The molecule has 1 aromatic carbocycles. The van der Waals surface area contributed by atoms with Crippen LogP contribution in [0.3, 0.4) is 0 Å². The Morgan fingerprint density at radius 1 is 1.50 bits per heavy atom. The second kappa shape index (κ2) is 4.43. The van der Waals surface area contributed by atoms with Gasteiger partial charge in [0.1, 0.15) is 5.75 Å². The topological polar surface area (TPSA) is 55.6 Å². The average molecular weight is 220 g/mol. The molecule has 0 aliphatic carbocycles. The van der Waals surface area contributed by atoms with E-state index in [4.69, 9.17) is 10.5 Å². The Bertz CT molecular complexity index is 404. The predicted molar refractivity (Wildman–Crippen MR) is 62.1 cm³/mol. The molecule has 16 heavy (non-hydrogen) atoms. The van der Waals surface area contributed by atoms with Crippen LogP contribution < -0.4 is 10.5 Å². The Balaban J connectivity index is 2.10. The summed E-state index contributed by atoms with van der Waals surface area (Å²) in [7, 11) is 1.59. The van der Waals surface area contributed by atoms with Crippen molar-refractivity contribution >= 4 is 11.6 Å². The van der Waals surface area contributed by atoms with Gasteiger partial charge in [-0.3, -0.25) is 4.79 Å². The van der Waals surface area contributed by atoms with Crippen molar-refractivity contribution < 1.29 is 9.53 Å². The number of hydrogen-bond donors (Lipinski definition) is 1. The van der Waals surface area contributed by atoms with Crippen molar-refractivity contribution in [1.29, 1.82) is 0 Å². The third kappa shape index (κ3) is 2.10. The maximum absolute atomic E-state index is 11.5. The predicted octanol–water partition coefficient (Wildman–Crippen LogP) is 1.40. The summed E-state index contributed by atoms with van der Waals surface area (Å²) in [5, 5.41) is 0. The molecule has 4 nitrogen and oxygen atoms in total. The molecule has 1 aliphatic rings. The number of anilines is 1. The lowest BCUT2D eigenvalue weighted by Gasteiger charge is -2.16. The Morgan fingerprint density at radius 2 is 2.31 bits per heavy atom. The summed E-state index contributed by atoms with van der Waals surface area (Å²) >= 11 is 0. The van der Waals surface area contributed by atoms with Gasteiger partial charge in [-0.2, -0.15) is 0 Å². The highest BCUT2D eigenvalue weighted by Crippen LogP contribution is 2.23. The molecule has 0 bridgehead atoms. The maximum atomic E-state index is 11.5. The fourth-order valence-electron chi connectivity index (χ4n) is 1.97. The first-order valence-electron chi connectivity index (χ1n) is 5.41. The van der Waals surface area contributed by atoms with E-state index in [2.05, 4.69) is 0 Å². The first-order valence-corrected chi connectivity index (χ1v) is 5.41. The molecule has 1 aliphatic heterocycles. The van der Waals surface area contributed by atoms with Crippen LogP contribution in [-0.4, -0.2) is 24.5 Å². The highest BCUT2D eigenvalue weighted by Gasteiger charge is 2.20. The highest BCUT2D eigenvalue weighted by atomic mass is 16.5. The number of nitrogens with two attached hydrogens (primary N) is 1.